The van der Waals surface area contributed by atoms with Crippen molar-refractivity contribution in [2.45, 2.75) is 31.0 Å². The molecule has 0 amide bonds. The van der Waals surface area contributed by atoms with Gasteiger partial charge < -0.3 is 10.2 Å². The van der Waals surface area contributed by atoms with E-state index in [4.69, 9.17) is 0 Å². The molecule has 0 aromatic heterocycles. The first-order valence-corrected chi connectivity index (χ1v) is 8.74. The van der Waals surface area contributed by atoms with Gasteiger partial charge in [-0.15, -0.1) is 0 Å². The Balaban J connectivity index is 2.32. The summed E-state index contributed by atoms with van der Waals surface area (Å²) in [6.07, 6.45) is 1.43. The fourth-order valence-electron chi connectivity index (χ4n) is 3.77. The molecule has 0 radical (unpaired) electrons. The summed E-state index contributed by atoms with van der Waals surface area (Å²) in [7, 11) is 0. The highest BCUT2D eigenvalue weighted by molar-refractivity contribution is 5.45. The average molecular weight is 332 g/mol. The highest BCUT2D eigenvalue weighted by Crippen LogP contribution is 2.49. The Morgan fingerprint density at radius 2 is 0.960 bits per heavy atom. The fourth-order valence-corrected chi connectivity index (χ4v) is 3.77. The van der Waals surface area contributed by atoms with Crippen LogP contribution in [0.5, 0.6) is 0 Å². The lowest BCUT2D eigenvalue weighted by molar-refractivity contribution is -0.215. The lowest BCUT2D eigenvalue weighted by Gasteiger charge is -2.45. The Labute approximate surface area is 149 Å². The second-order valence-corrected chi connectivity index (χ2v) is 6.43. The van der Waals surface area contributed by atoms with Crippen LogP contribution in [0.1, 0.15) is 36.5 Å². The topological polar surface area (TPSA) is 40.5 Å². The van der Waals surface area contributed by atoms with Crippen molar-refractivity contribution in [1.82, 2.24) is 0 Å². The van der Waals surface area contributed by atoms with E-state index in [-0.39, 0.29) is 0 Å². The van der Waals surface area contributed by atoms with Gasteiger partial charge in [0.25, 0.3) is 0 Å². The van der Waals surface area contributed by atoms with E-state index in [1.165, 1.54) is 0 Å². The van der Waals surface area contributed by atoms with Crippen molar-refractivity contribution >= 4 is 0 Å². The van der Waals surface area contributed by atoms with Crippen molar-refractivity contribution < 1.29 is 10.2 Å². The van der Waals surface area contributed by atoms with E-state index < -0.39 is 11.2 Å². The molecular formula is C23H24O2. The number of aliphatic hydroxyl groups is 2. The van der Waals surface area contributed by atoms with Gasteiger partial charge in [0.2, 0.25) is 5.79 Å². The molecule has 128 valence electrons. The highest BCUT2D eigenvalue weighted by atomic mass is 16.5. The summed E-state index contributed by atoms with van der Waals surface area (Å²) < 4.78 is 0. The molecule has 0 unspecified atom stereocenters. The number of hydrogen-bond acceptors (Lipinski definition) is 2. The molecule has 0 heterocycles. The van der Waals surface area contributed by atoms with E-state index >= 15 is 0 Å². The fraction of sp³-hybridized carbons (Fsp3) is 0.217. The molecule has 2 N–H and O–H groups in total. The second kappa shape index (κ2) is 7.22. The summed E-state index contributed by atoms with van der Waals surface area (Å²) in [6.45, 7) is 2.07. The third-order valence-corrected chi connectivity index (χ3v) is 4.93. The molecule has 3 aromatic rings. The molecule has 0 aliphatic rings. The molecule has 2 heteroatoms. The Morgan fingerprint density at radius 3 is 1.32 bits per heavy atom. The number of hydrogen-bond donors (Lipinski definition) is 2. The standard InChI is InChI=1S/C23H24O2/c1-2-18-22(19-12-6-3-7-13-19,20-14-8-4-9-15-20)23(24,25)21-16-10-5-11-17-21/h3-17,24-25H,2,18H2,1H3. The molecule has 0 saturated carbocycles. The van der Waals surface area contributed by atoms with Crippen molar-refractivity contribution in [1.29, 1.82) is 0 Å². The van der Waals surface area contributed by atoms with Crippen LogP contribution < -0.4 is 0 Å². The van der Waals surface area contributed by atoms with Crippen LogP contribution in [0.25, 0.3) is 0 Å². The monoisotopic (exact) mass is 332 g/mol. The Kier molecular flexibility index (Phi) is 5.03. The molecule has 2 nitrogen and oxygen atoms in total. The maximum Gasteiger partial charge on any atom is 0.204 e. The van der Waals surface area contributed by atoms with Crippen molar-refractivity contribution in [3.8, 4) is 0 Å². The van der Waals surface area contributed by atoms with E-state index in [0.717, 1.165) is 17.5 Å². The predicted octanol–water partition coefficient (Wildman–Crippen LogP) is 4.61. The predicted molar refractivity (Wildman–Crippen MR) is 101 cm³/mol. The molecule has 0 aliphatic heterocycles. The number of rotatable bonds is 6. The van der Waals surface area contributed by atoms with Crippen LogP contribution in [-0.4, -0.2) is 10.2 Å². The van der Waals surface area contributed by atoms with Gasteiger partial charge in [-0.3, -0.25) is 0 Å². The smallest absolute Gasteiger partial charge is 0.204 e. The first-order chi connectivity index (χ1) is 12.1. The van der Waals surface area contributed by atoms with Gasteiger partial charge in [-0.05, 0) is 17.5 Å². The van der Waals surface area contributed by atoms with Crippen LogP contribution >= 0.6 is 0 Å². The van der Waals surface area contributed by atoms with E-state index in [9.17, 15) is 10.2 Å². The maximum atomic E-state index is 11.5. The van der Waals surface area contributed by atoms with Gasteiger partial charge in [-0.25, -0.2) is 0 Å². The third kappa shape index (κ3) is 2.99. The third-order valence-electron chi connectivity index (χ3n) is 4.93. The van der Waals surface area contributed by atoms with Gasteiger partial charge in [-0.1, -0.05) is 104 Å². The van der Waals surface area contributed by atoms with Crippen molar-refractivity contribution in [3.05, 3.63) is 108 Å². The average Bonchev–Trinajstić information content (AvgIpc) is 2.68. The zero-order valence-corrected chi connectivity index (χ0v) is 14.5. The molecule has 0 fully saturated rings. The molecule has 25 heavy (non-hydrogen) atoms. The van der Waals surface area contributed by atoms with Crippen molar-refractivity contribution in [2.24, 2.45) is 0 Å². The lowest BCUT2D eigenvalue weighted by Crippen LogP contribution is -2.50. The van der Waals surface area contributed by atoms with Crippen LogP contribution in [0, 0.1) is 0 Å². The van der Waals surface area contributed by atoms with Gasteiger partial charge >= 0.3 is 0 Å². The molecule has 0 spiro atoms. The Hall–Kier alpha value is -2.42. The highest BCUT2D eigenvalue weighted by Gasteiger charge is 2.52. The second-order valence-electron chi connectivity index (χ2n) is 6.43. The molecule has 0 saturated heterocycles. The SMILES string of the molecule is CCCC(c1ccccc1)(c1ccccc1)C(O)(O)c1ccccc1. The molecule has 0 aliphatic carbocycles. The van der Waals surface area contributed by atoms with Crippen molar-refractivity contribution in [2.75, 3.05) is 0 Å². The quantitative estimate of drug-likeness (QED) is 0.647. The van der Waals surface area contributed by atoms with Gasteiger partial charge in [0.05, 0.1) is 5.41 Å². The number of benzene rings is 3. The van der Waals surface area contributed by atoms with E-state index in [2.05, 4.69) is 6.92 Å². The minimum absolute atomic E-state index is 0.496. The van der Waals surface area contributed by atoms with E-state index in [1.54, 1.807) is 12.1 Å². The minimum atomic E-state index is -2.03. The lowest BCUT2D eigenvalue weighted by atomic mass is 9.63. The Morgan fingerprint density at radius 1 is 0.600 bits per heavy atom. The molecule has 3 rings (SSSR count). The zero-order chi connectivity index (χ0) is 17.8. The van der Waals surface area contributed by atoms with Crippen LogP contribution in [0.3, 0.4) is 0 Å². The summed E-state index contributed by atoms with van der Waals surface area (Å²) in [5.74, 6) is -2.03. The minimum Gasteiger partial charge on any atom is -0.361 e. The van der Waals surface area contributed by atoms with Crippen molar-refractivity contribution in [3.63, 3.8) is 0 Å². The van der Waals surface area contributed by atoms with Gasteiger partial charge in [0, 0.05) is 5.56 Å². The molecule has 3 aromatic carbocycles. The van der Waals surface area contributed by atoms with Crippen LogP contribution in [0.15, 0.2) is 91.0 Å². The Bertz CT molecular complexity index is 741. The summed E-state index contributed by atoms with van der Waals surface area (Å²) in [5.41, 5.74) is 1.34. The maximum absolute atomic E-state index is 11.5. The molecule has 0 atom stereocenters. The van der Waals surface area contributed by atoms with Crippen LogP contribution in [-0.2, 0) is 11.2 Å². The largest absolute Gasteiger partial charge is 0.361 e. The van der Waals surface area contributed by atoms with Gasteiger partial charge in [0.15, 0.2) is 0 Å². The summed E-state index contributed by atoms with van der Waals surface area (Å²) in [6, 6.07) is 28.7. The first kappa shape index (κ1) is 17.4. The summed E-state index contributed by atoms with van der Waals surface area (Å²) in [5, 5.41) is 23.0. The normalized spacial score (nSPS) is 12.1. The summed E-state index contributed by atoms with van der Waals surface area (Å²) >= 11 is 0. The summed E-state index contributed by atoms with van der Waals surface area (Å²) in [4.78, 5) is 0. The first-order valence-electron chi connectivity index (χ1n) is 8.74. The van der Waals surface area contributed by atoms with E-state index in [1.807, 2.05) is 78.9 Å². The molecular weight excluding hydrogens is 308 g/mol. The van der Waals surface area contributed by atoms with Crippen LogP contribution in [0.2, 0.25) is 0 Å². The van der Waals surface area contributed by atoms with Gasteiger partial charge in [-0.2, -0.15) is 0 Å². The molecule has 0 bridgehead atoms. The van der Waals surface area contributed by atoms with Crippen LogP contribution in [0.4, 0.5) is 0 Å². The van der Waals surface area contributed by atoms with E-state index in [0.29, 0.717) is 12.0 Å². The van der Waals surface area contributed by atoms with Gasteiger partial charge in [0.1, 0.15) is 0 Å². The zero-order valence-electron chi connectivity index (χ0n) is 14.5.